The van der Waals surface area contributed by atoms with Crippen LogP contribution in [0.5, 0.6) is 5.75 Å². The van der Waals surface area contributed by atoms with Gasteiger partial charge in [-0.3, -0.25) is 9.59 Å². The maximum atomic E-state index is 14.0. The third kappa shape index (κ3) is 7.55. The van der Waals surface area contributed by atoms with Gasteiger partial charge in [-0.2, -0.15) is 0 Å². The minimum atomic E-state index is -1.92. The fourth-order valence-electron chi connectivity index (χ4n) is 5.82. The fraction of sp³-hybridized carbons (Fsp3) is 0.500. The molecule has 3 aromatic rings. The zero-order valence-electron chi connectivity index (χ0n) is 29.8. The number of rotatable bonds is 6. The molecule has 49 heavy (non-hydrogen) atoms. The molecular weight excluding hydrogens is 634 g/mol. The van der Waals surface area contributed by atoms with Crippen LogP contribution >= 0.6 is 0 Å². The van der Waals surface area contributed by atoms with Crippen molar-refractivity contribution in [2.45, 2.75) is 112 Å². The van der Waals surface area contributed by atoms with Crippen LogP contribution in [0.3, 0.4) is 0 Å². The van der Waals surface area contributed by atoms with E-state index in [-0.39, 0.29) is 36.4 Å². The Hall–Kier alpha value is -4.94. The number of hydrogen-bond donors (Lipinski definition) is 1. The van der Waals surface area contributed by atoms with Crippen molar-refractivity contribution in [3.63, 3.8) is 0 Å². The number of carbonyl (C=O) groups is 4. The monoisotopic (exact) mass is 679 g/mol. The molecule has 2 aliphatic rings. The standard InChI is InChI=1S/C34H39N3O10.C2H6/c1-9-19-20-13-18(44-31(42)47-33(6,7)8)11-12-24(20)36-27-21(19)16-37-25(27)14-23-22(28(37)39)17-43-29(40)34(23,10-2)45-26(38)15-35-30(41)46-32(3,4)5;1-2/h11-14H,9-10,15-17H2,1-8H3,(H,35,41);1-2H3/t34-;/m0./s1. The van der Waals surface area contributed by atoms with Crippen molar-refractivity contribution >= 4 is 35.1 Å². The number of pyridine rings is 2. The number of hydrogen-bond acceptors (Lipinski definition) is 11. The lowest BCUT2D eigenvalue weighted by molar-refractivity contribution is -0.188. The predicted octanol–water partition coefficient (Wildman–Crippen LogP) is 6.06. The van der Waals surface area contributed by atoms with Gasteiger partial charge in [-0.15, -0.1) is 0 Å². The number of esters is 2. The highest BCUT2D eigenvalue weighted by Gasteiger charge is 2.50. The summed E-state index contributed by atoms with van der Waals surface area (Å²) in [6.45, 7) is 17.3. The second-order valence-corrected chi connectivity index (χ2v) is 13.4. The van der Waals surface area contributed by atoms with Crippen LogP contribution in [-0.2, 0) is 53.7 Å². The van der Waals surface area contributed by atoms with Crippen molar-refractivity contribution in [3.8, 4) is 17.1 Å². The zero-order chi connectivity index (χ0) is 36.5. The summed E-state index contributed by atoms with van der Waals surface area (Å²) in [6.07, 6.45) is -1.10. The van der Waals surface area contributed by atoms with Gasteiger partial charge in [0, 0.05) is 16.5 Å². The first-order chi connectivity index (χ1) is 23.0. The van der Waals surface area contributed by atoms with Crippen molar-refractivity contribution in [3.05, 3.63) is 56.9 Å². The number of benzene rings is 1. The Morgan fingerprint density at radius 1 is 0.980 bits per heavy atom. The summed E-state index contributed by atoms with van der Waals surface area (Å²) in [5, 5.41) is 3.09. The third-order valence-corrected chi connectivity index (χ3v) is 7.75. The summed E-state index contributed by atoms with van der Waals surface area (Å²) in [7, 11) is 0. The van der Waals surface area contributed by atoms with Crippen LogP contribution in [0.4, 0.5) is 9.59 Å². The largest absolute Gasteiger partial charge is 0.514 e. The summed E-state index contributed by atoms with van der Waals surface area (Å²) in [4.78, 5) is 69.6. The molecule has 13 heteroatoms. The molecule has 1 atom stereocenters. The van der Waals surface area contributed by atoms with E-state index < -0.39 is 53.1 Å². The van der Waals surface area contributed by atoms with Gasteiger partial charge in [0.15, 0.2) is 0 Å². The minimum Gasteiger partial charge on any atom is -0.457 e. The molecule has 1 amide bonds. The van der Waals surface area contributed by atoms with Gasteiger partial charge in [0.05, 0.1) is 29.0 Å². The lowest BCUT2D eigenvalue weighted by Crippen LogP contribution is -2.49. The summed E-state index contributed by atoms with van der Waals surface area (Å²) in [6, 6.07) is 6.73. The predicted molar refractivity (Wildman–Crippen MR) is 180 cm³/mol. The molecule has 0 spiro atoms. The second kappa shape index (κ2) is 13.9. The maximum Gasteiger partial charge on any atom is 0.514 e. The number of fused-ring (bicyclic) bond motifs is 5. The molecule has 0 bridgehead atoms. The van der Waals surface area contributed by atoms with Gasteiger partial charge >= 0.3 is 24.2 Å². The highest BCUT2D eigenvalue weighted by atomic mass is 16.7. The Kier molecular flexibility index (Phi) is 10.5. The van der Waals surface area contributed by atoms with Gasteiger partial charge in [0.25, 0.3) is 5.56 Å². The Labute approximate surface area is 285 Å². The number of ether oxygens (including phenoxy) is 5. The van der Waals surface area contributed by atoms with Gasteiger partial charge in [-0.25, -0.2) is 19.4 Å². The molecule has 13 nitrogen and oxygen atoms in total. The van der Waals surface area contributed by atoms with Crippen LogP contribution in [0.25, 0.3) is 22.3 Å². The Morgan fingerprint density at radius 2 is 1.65 bits per heavy atom. The first kappa shape index (κ1) is 36.9. The molecule has 0 radical (unpaired) electrons. The van der Waals surface area contributed by atoms with Gasteiger partial charge in [-0.05, 0) is 84.2 Å². The van der Waals surface area contributed by atoms with E-state index in [0.29, 0.717) is 23.3 Å². The Bertz CT molecular complexity index is 1870. The number of cyclic esters (lactones) is 1. The van der Waals surface area contributed by atoms with Crippen molar-refractivity contribution in [1.29, 1.82) is 0 Å². The van der Waals surface area contributed by atoms with E-state index >= 15 is 0 Å². The number of nitrogens with zero attached hydrogens (tertiary/aromatic N) is 2. The molecule has 1 aromatic carbocycles. The molecule has 4 heterocycles. The molecular formula is C36H45N3O10. The third-order valence-electron chi connectivity index (χ3n) is 7.75. The van der Waals surface area contributed by atoms with Gasteiger partial charge in [-0.1, -0.05) is 27.7 Å². The van der Waals surface area contributed by atoms with Crippen LogP contribution in [0.1, 0.15) is 97.9 Å². The summed E-state index contributed by atoms with van der Waals surface area (Å²) >= 11 is 0. The van der Waals surface area contributed by atoms with E-state index in [2.05, 4.69) is 5.32 Å². The Morgan fingerprint density at radius 3 is 2.27 bits per heavy atom. The lowest BCUT2D eigenvalue weighted by atomic mass is 9.85. The van der Waals surface area contributed by atoms with Crippen molar-refractivity contribution < 1.29 is 42.9 Å². The van der Waals surface area contributed by atoms with E-state index in [4.69, 9.17) is 28.7 Å². The highest BCUT2D eigenvalue weighted by molar-refractivity contribution is 5.91. The quantitative estimate of drug-likeness (QED) is 0.143. The topological polar surface area (TPSA) is 161 Å². The van der Waals surface area contributed by atoms with Gasteiger partial charge < -0.3 is 33.6 Å². The van der Waals surface area contributed by atoms with Crippen molar-refractivity contribution in [2.75, 3.05) is 6.54 Å². The lowest BCUT2D eigenvalue weighted by Gasteiger charge is -2.35. The molecule has 0 unspecified atom stereocenters. The van der Waals surface area contributed by atoms with Crippen LogP contribution in [-0.4, -0.2) is 51.5 Å². The van der Waals surface area contributed by atoms with Crippen LogP contribution in [0.15, 0.2) is 29.1 Å². The average Bonchev–Trinajstić information content (AvgIpc) is 3.38. The molecule has 0 saturated heterocycles. The number of alkyl carbamates (subject to hydrolysis) is 1. The normalized spacial score (nSPS) is 16.2. The van der Waals surface area contributed by atoms with E-state index in [9.17, 15) is 24.0 Å². The zero-order valence-corrected chi connectivity index (χ0v) is 29.8. The SMILES string of the molecule is CC.CCc1c2c(nc3ccc(OC(=O)OC(C)(C)C)cc13)-c1cc3c(c(=O)n1C2)COC(=O)[C@@]3(CC)OC(=O)CNC(=O)OC(C)(C)C. The molecule has 0 saturated carbocycles. The molecule has 0 aliphatic carbocycles. The second-order valence-electron chi connectivity index (χ2n) is 13.4. The van der Waals surface area contributed by atoms with Gasteiger partial charge in [0.2, 0.25) is 5.60 Å². The average molecular weight is 680 g/mol. The van der Waals surface area contributed by atoms with Crippen molar-refractivity contribution in [2.24, 2.45) is 0 Å². The number of nitrogens with one attached hydrogen (secondary N) is 1. The number of carbonyl (C=O) groups excluding carboxylic acids is 4. The fourth-order valence-corrected chi connectivity index (χ4v) is 5.82. The summed E-state index contributed by atoms with van der Waals surface area (Å²) in [5.74, 6) is -1.44. The first-order valence-electron chi connectivity index (χ1n) is 16.5. The van der Waals surface area contributed by atoms with E-state index in [0.717, 1.165) is 16.5 Å². The highest BCUT2D eigenvalue weighted by Crippen LogP contribution is 2.42. The maximum absolute atomic E-state index is 14.0. The van der Waals surface area contributed by atoms with Crippen LogP contribution < -0.4 is 15.6 Å². The number of aromatic nitrogens is 2. The molecule has 2 aliphatic heterocycles. The smallest absolute Gasteiger partial charge is 0.457 e. The van der Waals surface area contributed by atoms with E-state index in [1.54, 1.807) is 77.3 Å². The van der Waals surface area contributed by atoms with Crippen LogP contribution in [0.2, 0.25) is 0 Å². The number of aryl methyl sites for hydroxylation is 1. The number of amides is 1. The van der Waals surface area contributed by atoms with Gasteiger partial charge in [0.1, 0.15) is 30.1 Å². The molecule has 1 N–H and O–H groups in total. The molecule has 5 rings (SSSR count). The molecule has 264 valence electrons. The van der Waals surface area contributed by atoms with E-state index in [1.807, 2.05) is 20.8 Å². The molecule has 0 fully saturated rings. The summed E-state index contributed by atoms with van der Waals surface area (Å²) < 4.78 is 28.6. The Balaban J connectivity index is 0.00000265. The molecule has 2 aromatic heterocycles. The first-order valence-corrected chi connectivity index (χ1v) is 16.5. The van der Waals surface area contributed by atoms with E-state index in [1.165, 1.54) is 0 Å². The summed E-state index contributed by atoms with van der Waals surface area (Å²) in [5.41, 5.74) is -0.0759. The van der Waals surface area contributed by atoms with Crippen LogP contribution in [0, 0.1) is 0 Å². The minimum absolute atomic E-state index is 0.0292. The van der Waals surface area contributed by atoms with Crippen molar-refractivity contribution in [1.82, 2.24) is 14.9 Å².